The molecule has 0 spiro atoms. The van der Waals surface area contributed by atoms with Gasteiger partial charge in [0.25, 0.3) is 0 Å². The predicted octanol–water partition coefficient (Wildman–Crippen LogP) is 3.36. The first kappa shape index (κ1) is 18.5. The Labute approximate surface area is 158 Å². The van der Waals surface area contributed by atoms with Crippen LogP contribution in [0, 0.1) is 0 Å². The van der Waals surface area contributed by atoms with Gasteiger partial charge in [0.05, 0.1) is 12.8 Å². The molecule has 7 nitrogen and oxygen atoms in total. The van der Waals surface area contributed by atoms with E-state index in [0.29, 0.717) is 33.8 Å². The third kappa shape index (κ3) is 4.68. The molecule has 0 amide bonds. The lowest BCUT2D eigenvalue weighted by atomic mass is 10.1. The van der Waals surface area contributed by atoms with Crippen LogP contribution in [0.5, 0.6) is 5.75 Å². The second kappa shape index (κ2) is 8.91. The first-order valence-corrected chi connectivity index (χ1v) is 9.22. The molecular formula is C18H25ClN6O. The molecule has 0 unspecified atom stereocenters. The van der Waals surface area contributed by atoms with Crippen molar-refractivity contribution in [3.63, 3.8) is 0 Å². The lowest BCUT2D eigenvalue weighted by Crippen LogP contribution is -2.33. The fourth-order valence-corrected chi connectivity index (χ4v) is 3.23. The number of methoxy groups -OCH3 is 1. The number of hydrogen-bond acceptors (Lipinski definition) is 7. The van der Waals surface area contributed by atoms with Gasteiger partial charge in [-0.05, 0) is 44.1 Å². The molecule has 1 aromatic heterocycles. The molecule has 1 aromatic carbocycles. The molecule has 0 radical (unpaired) electrons. The summed E-state index contributed by atoms with van der Waals surface area (Å²) >= 11 is 6.08. The normalized spacial score (nSPS) is 14.8. The van der Waals surface area contributed by atoms with Crippen LogP contribution in [0.4, 0.5) is 23.0 Å². The molecule has 4 N–H and O–H groups in total. The number of nitrogen functional groups attached to an aromatic ring is 1. The van der Waals surface area contributed by atoms with Gasteiger partial charge in [0.1, 0.15) is 17.8 Å². The van der Waals surface area contributed by atoms with Crippen molar-refractivity contribution in [1.82, 2.24) is 14.9 Å². The van der Waals surface area contributed by atoms with E-state index in [9.17, 15) is 0 Å². The molecule has 140 valence electrons. The maximum atomic E-state index is 6.24. The number of nitrogens with zero attached hydrogens (tertiary/aromatic N) is 3. The maximum absolute atomic E-state index is 6.24. The highest BCUT2D eigenvalue weighted by Crippen LogP contribution is 2.32. The Morgan fingerprint density at radius 3 is 2.73 bits per heavy atom. The molecular weight excluding hydrogens is 352 g/mol. The molecule has 1 fully saturated rings. The van der Waals surface area contributed by atoms with E-state index in [-0.39, 0.29) is 0 Å². The minimum Gasteiger partial charge on any atom is -0.495 e. The molecule has 0 aliphatic carbocycles. The van der Waals surface area contributed by atoms with Gasteiger partial charge in [-0.1, -0.05) is 18.0 Å². The summed E-state index contributed by atoms with van der Waals surface area (Å²) in [6.07, 6.45) is 5.39. The number of nitrogens with two attached hydrogens (primary N) is 1. The van der Waals surface area contributed by atoms with Crippen molar-refractivity contribution in [3.8, 4) is 5.75 Å². The summed E-state index contributed by atoms with van der Waals surface area (Å²) in [6, 6.07) is 5.33. The summed E-state index contributed by atoms with van der Waals surface area (Å²) in [5.74, 6) is 1.80. The number of ether oxygens (including phenoxy) is 1. The molecule has 8 heteroatoms. The number of anilines is 4. The highest BCUT2D eigenvalue weighted by atomic mass is 35.5. The fourth-order valence-electron chi connectivity index (χ4n) is 3.06. The van der Waals surface area contributed by atoms with Gasteiger partial charge in [0.2, 0.25) is 0 Å². The number of rotatable bonds is 7. The van der Waals surface area contributed by atoms with Crippen LogP contribution in [0.1, 0.15) is 19.3 Å². The van der Waals surface area contributed by atoms with Crippen molar-refractivity contribution in [1.29, 1.82) is 0 Å². The summed E-state index contributed by atoms with van der Waals surface area (Å²) in [5.41, 5.74) is 7.41. The number of hydrogen-bond donors (Lipinski definition) is 3. The maximum Gasteiger partial charge on any atom is 0.159 e. The molecule has 2 heterocycles. The summed E-state index contributed by atoms with van der Waals surface area (Å²) in [7, 11) is 1.60. The van der Waals surface area contributed by atoms with Gasteiger partial charge in [-0.2, -0.15) is 0 Å². The van der Waals surface area contributed by atoms with Crippen molar-refractivity contribution in [3.05, 3.63) is 29.5 Å². The van der Waals surface area contributed by atoms with Crippen LogP contribution in [0.25, 0.3) is 0 Å². The average molecular weight is 377 g/mol. The van der Waals surface area contributed by atoms with E-state index in [1.54, 1.807) is 25.3 Å². The number of benzene rings is 1. The smallest absolute Gasteiger partial charge is 0.159 e. The molecule has 0 bridgehead atoms. The second-order valence-corrected chi connectivity index (χ2v) is 6.72. The Morgan fingerprint density at radius 2 is 1.96 bits per heavy atom. The third-order valence-corrected chi connectivity index (χ3v) is 4.70. The standard InChI is InChI=1S/C18H25ClN6O/c1-26-15-6-5-13(19)11-14(15)24-18-16(20)17(22-12-23-18)21-7-10-25-8-3-2-4-9-25/h5-6,11-12H,2-4,7-10,20H2,1H3,(H2,21,22,23,24). The lowest BCUT2D eigenvalue weighted by molar-refractivity contribution is 0.237. The molecule has 2 aromatic rings. The Kier molecular flexibility index (Phi) is 6.35. The monoisotopic (exact) mass is 376 g/mol. The molecule has 26 heavy (non-hydrogen) atoms. The fraction of sp³-hybridized carbons (Fsp3) is 0.444. The van der Waals surface area contributed by atoms with Crippen molar-refractivity contribution >= 4 is 34.6 Å². The van der Waals surface area contributed by atoms with Crippen molar-refractivity contribution < 1.29 is 4.74 Å². The van der Waals surface area contributed by atoms with Gasteiger partial charge in [0.15, 0.2) is 11.6 Å². The molecule has 3 rings (SSSR count). The summed E-state index contributed by atoms with van der Waals surface area (Å²) < 4.78 is 5.35. The minimum atomic E-state index is 0.466. The minimum absolute atomic E-state index is 0.466. The van der Waals surface area contributed by atoms with Crippen LogP contribution in [0.2, 0.25) is 5.02 Å². The number of piperidine rings is 1. The summed E-state index contributed by atoms with van der Waals surface area (Å²) in [4.78, 5) is 11.0. The molecule has 0 atom stereocenters. The SMILES string of the molecule is COc1ccc(Cl)cc1Nc1ncnc(NCCN2CCCCC2)c1N. The third-order valence-electron chi connectivity index (χ3n) is 4.47. The Morgan fingerprint density at radius 1 is 1.19 bits per heavy atom. The average Bonchev–Trinajstić information content (AvgIpc) is 2.66. The highest BCUT2D eigenvalue weighted by molar-refractivity contribution is 6.31. The topological polar surface area (TPSA) is 88.3 Å². The van der Waals surface area contributed by atoms with Gasteiger partial charge in [-0.25, -0.2) is 9.97 Å². The van der Waals surface area contributed by atoms with E-state index in [1.165, 1.54) is 38.7 Å². The van der Waals surface area contributed by atoms with Crippen LogP contribution in [-0.4, -0.2) is 48.2 Å². The molecule has 1 saturated heterocycles. The van der Waals surface area contributed by atoms with Gasteiger partial charge < -0.3 is 26.0 Å². The van der Waals surface area contributed by atoms with Gasteiger partial charge >= 0.3 is 0 Å². The molecule has 0 saturated carbocycles. The van der Waals surface area contributed by atoms with E-state index in [1.807, 2.05) is 0 Å². The second-order valence-electron chi connectivity index (χ2n) is 6.28. The number of halogens is 1. The lowest BCUT2D eigenvalue weighted by Gasteiger charge is -2.26. The van der Waals surface area contributed by atoms with Crippen molar-refractivity contribution in [2.24, 2.45) is 0 Å². The van der Waals surface area contributed by atoms with Crippen molar-refractivity contribution in [2.75, 3.05) is 49.7 Å². The zero-order valence-corrected chi connectivity index (χ0v) is 15.7. The Hall–Kier alpha value is -2.25. The van der Waals surface area contributed by atoms with E-state index >= 15 is 0 Å². The first-order valence-electron chi connectivity index (χ1n) is 8.84. The van der Waals surface area contributed by atoms with Gasteiger partial charge in [-0.3, -0.25) is 0 Å². The quantitative estimate of drug-likeness (QED) is 0.682. The van der Waals surface area contributed by atoms with Crippen LogP contribution >= 0.6 is 11.6 Å². The van der Waals surface area contributed by atoms with Crippen LogP contribution < -0.4 is 21.1 Å². The zero-order chi connectivity index (χ0) is 18.4. The van der Waals surface area contributed by atoms with E-state index in [2.05, 4.69) is 25.5 Å². The van der Waals surface area contributed by atoms with Gasteiger partial charge in [-0.15, -0.1) is 0 Å². The predicted molar refractivity (Wildman–Crippen MR) is 107 cm³/mol. The van der Waals surface area contributed by atoms with Crippen molar-refractivity contribution in [2.45, 2.75) is 19.3 Å². The van der Waals surface area contributed by atoms with Crippen LogP contribution in [-0.2, 0) is 0 Å². The zero-order valence-electron chi connectivity index (χ0n) is 15.0. The van der Waals surface area contributed by atoms with E-state index in [4.69, 9.17) is 22.1 Å². The summed E-state index contributed by atoms with van der Waals surface area (Å²) in [6.45, 7) is 4.11. The number of likely N-dealkylation sites (tertiary alicyclic amines) is 1. The summed E-state index contributed by atoms with van der Waals surface area (Å²) in [5, 5.41) is 7.09. The Balaban J connectivity index is 1.66. The first-order chi connectivity index (χ1) is 12.7. The largest absolute Gasteiger partial charge is 0.495 e. The van der Waals surface area contributed by atoms with E-state index in [0.717, 1.165) is 13.1 Å². The highest BCUT2D eigenvalue weighted by Gasteiger charge is 2.13. The molecule has 1 aliphatic heterocycles. The van der Waals surface area contributed by atoms with Gasteiger partial charge in [0, 0.05) is 18.1 Å². The number of aromatic nitrogens is 2. The Bertz CT molecular complexity index is 736. The number of nitrogens with one attached hydrogen (secondary N) is 2. The molecule has 1 aliphatic rings. The van der Waals surface area contributed by atoms with Crippen LogP contribution in [0.3, 0.4) is 0 Å². The van der Waals surface area contributed by atoms with E-state index < -0.39 is 0 Å². The van der Waals surface area contributed by atoms with Crippen LogP contribution in [0.15, 0.2) is 24.5 Å².